The van der Waals surface area contributed by atoms with E-state index in [0.29, 0.717) is 11.3 Å². The van der Waals surface area contributed by atoms with Crippen LogP contribution < -0.4 is 0 Å². The molecule has 0 radical (unpaired) electrons. The molecule has 0 atom stereocenters. The highest BCUT2D eigenvalue weighted by molar-refractivity contribution is 6.30. The summed E-state index contributed by atoms with van der Waals surface area (Å²) in [5.41, 5.74) is 0.759. The summed E-state index contributed by atoms with van der Waals surface area (Å²) < 4.78 is 32.6. The van der Waals surface area contributed by atoms with Crippen LogP contribution in [0.1, 0.15) is 11.3 Å². The molecule has 0 aliphatic rings. The Morgan fingerprint density at radius 1 is 1.42 bits per heavy atom. The van der Waals surface area contributed by atoms with Crippen LogP contribution in [0.15, 0.2) is 18.2 Å². The summed E-state index contributed by atoms with van der Waals surface area (Å²) in [6.07, 6.45) is 0. The zero-order valence-electron chi connectivity index (χ0n) is 10.0. The largest absolute Gasteiger partial charge is 0.391 e. The summed E-state index contributed by atoms with van der Waals surface area (Å²) in [6, 6.07) is 3.06. The zero-order valence-corrected chi connectivity index (χ0v) is 10.8. The molecule has 19 heavy (non-hydrogen) atoms. The Morgan fingerprint density at radius 2 is 2.16 bits per heavy atom. The number of hydrogen-bond acceptors (Lipinski definition) is 3. The minimum Gasteiger partial charge on any atom is -0.391 e. The van der Waals surface area contributed by atoms with E-state index in [1.807, 2.05) is 0 Å². The normalized spacial score (nSPS) is 11.0. The fourth-order valence-electron chi connectivity index (χ4n) is 1.69. The molecule has 0 bridgehead atoms. The molecule has 0 saturated carbocycles. The maximum absolute atomic E-state index is 13.7. The molecule has 0 spiro atoms. The lowest BCUT2D eigenvalue weighted by molar-refractivity contribution is 0.178. The fraction of sp³-hybridized carbons (Fsp3) is 0.250. The number of rotatable bonds is 4. The molecule has 0 amide bonds. The Bertz CT molecular complexity index is 602. The van der Waals surface area contributed by atoms with Crippen LogP contribution in [0.3, 0.4) is 0 Å². The number of nitrogens with zero attached hydrogens (tertiary/aromatic N) is 2. The number of hydrogen-bond donors (Lipinski definition) is 1. The van der Waals surface area contributed by atoms with Gasteiger partial charge in [-0.1, -0.05) is 11.6 Å². The van der Waals surface area contributed by atoms with Gasteiger partial charge in [-0.15, -0.1) is 0 Å². The van der Waals surface area contributed by atoms with Gasteiger partial charge >= 0.3 is 0 Å². The Kier molecular flexibility index (Phi) is 4.14. The third kappa shape index (κ3) is 2.60. The van der Waals surface area contributed by atoms with E-state index in [0.717, 1.165) is 16.8 Å². The first-order valence-corrected chi connectivity index (χ1v) is 5.77. The van der Waals surface area contributed by atoms with Gasteiger partial charge in [-0.25, -0.2) is 13.5 Å². The van der Waals surface area contributed by atoms with E-state index >= 15 is 0 Å². The molecule has 1 aromatic carbocycles. The first-order valence-electron chi connectivity index (χ1n) is 5.40. The molecular formula is C12H11ClF2N2O2. The van der Waals surface area contributed by atoms with Crippen LogP contribution in [0.2, 0.25) is 5.15 Å². The lowest BCUT2D eigenvalue weighted by Crippen LogP contribution is -2.01. The maximum Gasteiger partial charge on any atom is 0.151 e. The smallest absolute Gasteiger partial charge is 0.151 e. The van der Waals surface area contributed by atoms with Crippen molar-refractivity contribution in [3.05, 3.63) is 46.2 Å². The van der Waals surface area contributed by atoms with E-state index in [1.165, 1.54) is 13.2 Å². The Hall–Kier alpha value is -1.50. The average molecular weight is 289 g/mol. The van der Waals surface area contributed by atoms with Gasteiger partial charge < -0.3 is 9.84 Å². The molecular weight excluding hydrogens is 278 g/mol. The molecule has 1 aromatic heterocycles. The highest BCUT2D eigenvalue weighted by atomic mass is 35.5. The molecule has 4 nitrogen and oxygen atoms in total. The number of aromatic nitrogens is 2. The molecule has 0 aliphatic carbocycles. The number of halogens is 3. The third-order valence-electron chi connectivity index (χ3n) is 2.58. The van der Waals surface area contributed by atoms with Crippen molar-refractivity contribution in [2.75, 3.05) is 7.11 Å². The van der Waals surface area contributed by atoms with Crippen LogP contribution in [0.4, 0.5) is 8.78 Å². The van der Waals surface area contributed by atoms with Gasteiger partial charge in [0.15, 0.2) is 5.82 Å². The van der Waals surface area contributed by atoms with Crippen LogP contribution >= 0.6 is 11.6 Å². The van der Waals surface area contributed by atoms with Gasteiger partial charge in [-0.2, -0.15) is 5.10 Å². The van der Waals surface area contributed by atoms with E-state index in [1.54, 1.807) is 0 Å². The van der Waals surface area contributed by atoms with Gasteiger partial charge in [0.05, 0.1) is 18.9 Å². The number of benzene rings is 1. The van der Waals surface area contributed by atoms with Gasteiger partial charge in [-0.3, -0.25) is 0 Å². The van der Waals surface area contributed by atoms with E-state index in [2.05, 4.69) is 5.10 Å². The van der Waals surface area contributed by atoms with Gasteiger partial charge in [0, 0.05) is 18.7 Å². The van der Waals surface area contributed by atoms with Crippen molar-refractivity contribution in [3.63, 3.8) is 0 Å². The summed E-state index contributed by atoms with van der Waals surface area (Å²) in [6.45, 7) is -0.217. The second kappa shape index (κ2) is 5.64. The number of ether oxygens (including phenoxy) is 1. The van der Waals surface area contributed by atoms with Crippen LogP contribution in [0, 0.1) is 11.6 Å². The monoisotopic (exact) mass is 288 g/mol. The second-order valence-corrected chi connectivity index (χ2v) is 4.17. The highest BCUT2D eigenvalue weighted by Gasteiger charge is 2.18. The van der Waals surface area contributed by atoms with Crippen LogP contribution in [0.25, 0.3) is 5.69 Å². The van der Waals surface area contributed by atoms with E-state index in [4.69, 9.17) is 16.3 Å². The SMILES string of the molecule is COCc1nn(-c2ccc(F)cc2F)c(Cl)c1CO. The second-order valence-electron chi connectivity index (χ2n) is 3.81. The van der Waals surface area contributed by atoms with Gasteiger partial charge in [0.25, 0.3) is 0 Å². The van der Waals surface area contributed by atoms with Gasteiger partial charge in [0.1, 0.15) is 16.7 Å². The summed E-state index contributed by atoms with van der Waals surface area (Å²) >= 11 is 6.04. The standard InChI is InChI=1S/C12H11ClF2N2O2/c1-19-6-10-8(5-18)12(13)17(16-10)11-3-2-7(14)4-9(11)15/h2-4,18H,5-6H2,1H3. The van der Waals surface area contributed by atoms with E-state index < -0.39 is 11.6 Å². The zero-order chi connectivity index (χ0) is 14.0. The molecule has 0 aliphatic heterocycles. The highest BCUT2D eigenvalue weighted by Crippen LogP contribution is 2.26. The summed E-state index contributed by atoms with van der Waals surface area (Å²) in [5.74, 6) is -1.48. The Labute approximate surface area is 113 Å². The Morgan fingerprint density at radius 3 is 2.74 bits per heavy atom. The molecule has 2 aromatic rings. The lowest BCUT2D eigenvalue weighted by atomic mass is 10.2. The van der Waals surface area contributed by atoms with Crippen LogP contribution in [0.5, 0.6) is 0 Å². The predicted molar refractivity (Wildman–Crippen MR) is 65.1 cm³/mol. The fourth-order valence-corrected chi connectivity index (χ4v) is 1.99. The molecule has 0 unspecified atom stereocenters. The van der Waals surface area contributed by atoms with E-state index in [-0.39, 0.29) is 24.1 Å². The molecule has 0 saturated heterocycles. The van der Waals surface area contributed by atoms with Crippen molar-refractivity contribution in [1.29, 1.82) is 0 Å². The topological polar surface area (TPSA) is 47.3 Å². The molecule has 102 valence electrons. The summed E-state index contributed by atoms with van der Waals surface area (Å²) in [7, 11) is 1.46. The first kappa shape index (κ1) is 13.9. The third-order valence-corrected chi connectivity index (χ3v) is 2.97. The quantitative estimate of drug-likeness (QED) is 0.940. The van der Waals surface area contributed by atoms with E-state index in [9.17, 15) is 13.9 Å². The molecule has 1 N–H and O–H groups in total. The summed E-state index contributed by atoms with van der Waals surface area (Å²) in [5, 5.41) is 13.4. The maximum atomic E-state index is 13.7. The lowest BCUT2D eigenvalue weighted by Gasteiger charge is -2.04. The minimum atomic E-state index is -0.794. The van der Waals surface area contributed by atoms with Gasteiger partial charge in [0.2, 0.25) is 0 Å². The van der Waals surface area contributed by atoms with Crippen molar-refractivity contribution >= 4 is 11.6 Å². The Balaban J connectivity index is 2.56. The number of aliphatic hydroxyl groups is 1. The first-order chi connectivity index (χ1) is 9.08. The molecule has 1 heterocycles. The molecule has 0 fully saturated rings. The van der Waals surface area contributed by atoms with Gasteiger partial charge in [-0.05, 0) is 12.1 Å². The molecule has 7 heteroatoms. The predicted octanol–water partition coefficient (Wildman–Crippen LogP) is 2.44. The van der Waals surface area contributed by atoms with Crippen LogP contribution in [-0.4, -0.2) is 22.0 Å². The summed E-state index contributed by atoms with van der Waals surface area (Å²) in [4.78, 5) is 0. The van der Waals surface area contributed by atoms with Crippen molar-refractivity contribution in [3.8, 4) is 5.69 Å². The average Bonchev–Trinajstić information content (AvgIpc) is 2.66. The number of methoxy groups -OCH3 is 1. The molecule has 2 rings (SSSR count). The van der Waals surface area contributed by atoms with Crippen molar-refractivity contribution in [2.24, 2.45) is 0 Å². The van der Waals surface area contributed by atoms with Crippen molar-refractivity contribution < 1.29 is 18.6 Å². The minimum absolute atomic E-state index is 0.00320. The van der Waals surface area contributed by atoms with Crippen molar-refractivity contribution in [2.45, 2.75) is 13.2 Å². The van der Waals surface area contributed by atoms with Crippen LogP contribution in [-0.2, 0) is 18.0 Å². The van der Waals surface area contributed by atoms with Crippen molar-refractivity contribution in [1.82, 2.24) is 9.78 Å². The number of aliphatic hydroxyl groups excluding tert-OH is 1.